The Balaban J connectivity index is 1.34. The molecule has 51 heavy (non-hydrogen) atoms. The van der Waals surface area contributed by atoms with Gasteiger partial charge < -0.3 is 9.47 Å². The zero-order valence-electron chi connectivity index (χ0n) is 28.2. The van der Waals surface area contributed by atoms with Gasteiger partial charge in [-0.3, -0.25) is 4.98 Å². The average molecular weight is 654 g/mol. The van der Waals surface area contributed by atoms with E-state index < -0.39 is 0 Å². The number of anilines is 3. The highest BCUT2D eigenvalue weighted by molar-refractivity contribution is 6.09. The third kappa shape index (κ3) is 4.64. The van der Waals surface area contributed by atoms with Gasteiger partial charge in [0.1, 0.15) is 12.1 Å². The van der Waals surface area contributed by atoms with Crippen LogP contribution in [0.1, 0.15) is 36.1 Å². The van der Waals surface area contributed by atoms with E-state index in [1.54, 1.807) is 6.07 Å². The van der Waals surface area contributed by atoms with Crippen LogP contribution in [0.5, 0.6) is 0 Å². The summed E-state index contributed by atoms with van der Waals surface area (Å²) in [5.74, 6) is 0. The van der Waals surface area contributed by atoms with Gasteiger partial charge in [-0.1, -0.05) is 98.8 Å². The van der Waals surface area contributed by atoms with E-state index in [0.717, 1.165) is 66.8 Å². The molecule has 0 saturated carbocycles. The summed E-state index contributed by atoms with van der Waals surface area (Å²) in [5.41, 5.74) is 13.3. The summed E-state index contributed by atoms with van der Waals surface area (Å²) in [5, 5.41) is 22.0. The van der Waals surface area contributed by atoms with Gasteiger partial charge in [-0.25, -0.2) is 0 Å². The lowest BCUT2D eigenvalue weighted by Gasteiger charge is -2.42. The Bertz CT molecular complexity index is 2670. The van der Waals surface area contributed by atoms with Crippen LogP contribution in [0, 0.1) is 22.7 Å². The number of para-hydroxylation sites is 3. The first-order valence-electron chi connectivity index (χ1n) is 17.0. The lowest BCUT2D eigenvalue weighted by molar-refractivity contribution is 0.632. The summed E-state index contributed by atoms with van der Waals surface area (Å²) in [6.07, 6.45) is 3.80. The topological polar surface area (TPSA) is 68.6 Å². The van der Waals surface area contributed by atoms with Crippen LogP contribution in [0.2, 0.25) is 0 Å². The van der Waals surface area contributed by atoms with Gasteiger partial charge in [-0.2, -0.15) is 10.5 Å². The fourth-order valence-corrected chi connectivity index (χ4v) is 7.93. The van der Waals surface area contributed by atoms with Crippen molar-refractivity contribution >= 4 is 38.9 Å². The molecule has 9 rings (SSSR count). The van der Waals surface area contributed by atoms with E-state index in [0.29, 0.717) is 11.1 Å². The van der Waals surface area contributed by atoms with Crippen LogP contribution in [0.4, 0.5) is 17.1 Å². The van der Waals surface area contributed by atoms with Crippen molar-refractivity contribution in [2.75, 3.05) is 4.90 Å². The molecular formula is C46H31N5. The highest BCUT2D eigenvalue weighted by Gasteiger charge is 2.36. The number of nitrogens with zero attached hydrogens (tertiary/aromatic N) is 5. The van der Waals surface area contributed by atoms with E-state index in [1.807, 2.05) is 36.7 Å². The van der Waals surface area contributed by atoms with Gasteiger partial charge in [0, 0.05) is 45.5 Å². The highest BCUT2D eigenvalue weighted by Crippen LogP contribution is 2.52. The van der Waals surface area contributed by atoms with E-state index in [-0.39, 0.29) is 5.41 Å². The standard InChI is InChI=1S/C46H31N5/c1-46(2)40-16-4-7-19-44(40)51(45-20-8-5-17-41(45)46)35-25-33(30-11-9-12-31(23-30)36-15-10-13-32(27-47)38(36)28-48)24-34(26-35)50-42-18-6-3-14-37(42)39-29-49-22-21-43(39)50/h3-26,29H,1-2H3. The molecule has 1 aliphatic rings. The van der Waals surface area contributed by atoms with Crippen molar-refractivity contribution in [3.8, 4) is 40.1 Å². The molecule has 1 aliphatic heterocycles. The molecule has 0 spiro atoms. The third-order valence-corrected chi connectivity index (χ3v) is 10.3. The fourth-order valence-electron chi connectivity index (χ4n) is 7.93. The lowest BCUT2D eigenvalue weighted by atomic mass is 9.73. The Morgan fingerprint density at radius 2 is 1.24 bits per heavy atom. The van der Waals surface area contributed by atoms with Gasteiger partial charge >= 0.3 is 0 Å². The molecule has 0 radical (unpaired) electrons. The molecule has 240 valence electrons. The number of fused-ring (bicyclic) bond motifs is 5. The zero-order valence-corrected chi connectivity index (χ0v) is 28.2. The van der Waals surface area contributed by atoms with Gasteiger partial charge in [-0.15, -0.1) is 0 Å². The van der Waals surface area contributed by atoms with Crippen molar-refractivity contribution in [2.45, 2.75) is 19.3 Å². The number of benzene rings is 6. The number of hydrogen-bond acceptors (Lipinski definition) is 4. The minimum atomic E-state index is -0.186. The van der Waals surface area contributed by atoms with Crippen molar-refractivity contribution < 1.29 is 0 Å². The van der Waals surface area contributed by atoms with Crippen molar-refractivity contribution in [1.29, 1.82) is 10.5 Å². The molecule has 0 aliphatic carbocycles. The van der Waals surface area contributed by atoms with Crippen LogP contribution in [0.3, 0.4) is 0 Å². The largest absolute Gasteiger partial charge is 0.310 e. The number of pyridine rings is 1. The molecule has 0 saturated heterocycles. The summed E-state index contributed by atoms with van der Waals surface area (Å²) in [4.78, 5) is 6.89. The Morgan fingerprint density at radius 1 is 0.569 bits per heavy atom. The second-order valence-electron chi connectivity index (χ2n) is 13.5. The normalized spacial score (nSPS) is 13.0. The molecule has 0 N–H and O–H groups in total. The summed E-state index contributed by atoms with van der Waals surface area (Å²) in [6.45, 7) is 4.61. The van der Waals surface area contributed by atoms with Crippen LogP contribution >= 0.6 is 0 Å². The summed E-state index contributed by atoms with van der Waals surface area (Å²) in [6, 6.07) is 53.0. The van der Waals surface area contributed by atoms with Crippen LogP contribution in [-0.2, 0) is 5.41 Å². The maximum Gasteiger partial charge on any atom is 0.101 e. The first-order chi connectivity index (χ1) is 25.0. The van der Waals surface area contributed by atoms with E-state index in [9.17, 15) is 10.5 Å². The molecule has 5 heteroatoms. The minimum absolute atomic E-state index is 0.186. The van der Waals surface area contributed by atoms with Gasteiger partial charge in [0.05, 0.1) is 33.5 Å². The van der Waals surface area contributed by atoms with E-state index >= 15 is 0 Å². The molecule has 0 fully saturated rings. The predicted molar refractivity (Wildman–Crippen MR) is 206 cm³/mol. The van der Waals surface area contributed by atoms with Gasteiger partial charge in [0.25, 0.3) is 0 Å². The number of aromatic nitrogens is 2. The molecule has 6 aromatic carbocycles. The molecule has 0 unspecified atom stereocenters. The van der Waals surface area contributed by atoms with Gasteiger partial charge in [0.15, 0.2) is 0 Å². The number of nitriles is 2. The monoisotopic (exact) mass is 653 g/mol. The first-order valence-corrected chi connectivity index (χ1v) is 17.0. The summed E-state index contributed by atoms with van der Waals surface area (Å²) in [7, 11) is 0. The van der Waals surface area contributed by atoms with Crippen LogP contribution in [0.15, 0.2) is 152 Å². The van der Waals surface area contributed by atoms with Crippen molar-refractivity contribution in [3.05, 3.63) is 174 Å². The average Bonchev–Trinajstić information content (AvgIpc) is 3.52. The molecule has 3 heterocycles. The van der Waals surface area contributed by atoms with Crippen LogP contribution < -0.4 is 4.90 Å². The van der Waals surface area contributed by atoms with E-state index in [2.05, 4.69) is 150 Å². The molecule has 8 aromatic rings. The number of hydrogen-bond donors (Lipinski definition) is 0. The quantitative estimate of drug-likeness (QED) is 0.190. The van der Waals surface area contributed by atoms with E-state index in [4.69, 9.17) is 0 Å². The van der Waals surface area contributed by atoms with Gasteiger partial charge in [-0.05, 0) is 82.4 Å². The smallest absolute Gasteiger partial charge is 0.101 e. The molecule has 0 atom stereocenters. The second kappa shape index (κ2) is 11.6. The van der Waals surface area contributed by atoms with Crippen molar-refractivity contribution in [2.24, 2.45) is 0 Å². The maximum absolute atomic E-state index is 10.1. The maximum atomic E-state index is 10.1. The fraction of sp³-hybridized carbons (Fsp3) is 0.0652. The molecule has 5 nitrogen and oxygen atoms in total. The molecule has 2 aromatic heterocycles. The van der Waals surface area contributed by atoms with Crippen LogP contribution in [-0.4, -0.2) is 9.55 Å². The van der Waals surface area contributed by atoms with Crippen molar-refractivity contribution in [3.63, 3.8) is 0 Å². The van der Waals surface area contributed by atoms with Crippen molar-refractivity contribution in [1.82, 2.24) is 9.55 Å². The number of rotatable bonds is 4. The zero-order chi connectivity index (χ0) is 34.7. The minimum Gasteiger partial charge on any atom is -0.310 e. The highest BCUT2D eigenvalue weighted by atomic mass is 15.2. The Hall–Kier alpha value is -6.95. The summed E-state index contributed by atoms with van der Waals surface area (Å²) >= 11 is 0. The van der Waals surface area contributed by atoms with Crippen LogP contribution in [0.25, 0.3) is 49.7 Å². The van der Waals surface area contributed by atoms with E-state index in [1.165, 1.54) is 11.1 Å². The Kier molecular flexibility index (Phi) is 6.85. The Morgan fingerprint density at radius 3 is 2.00 bits per heavy atom. The van der Waals surface area contributed by atoms with Gasteiger partial charge in [0.2, 0.25) is 0 Å². The Labute approximate surface area is 296 Å². The molecule has 0 bridgehead atoms. The molecule has 0 amide bonds. The second-order valence-corrected chi connectivity index (χ2v) is 13.5. The third-order valence-electron chi connectivity index (χ3n) is 10.3. The predicted octanol–water partition coefficient (Wildman–Crippen LogP) is 11.4. The SMILES string of the molecule is CC1(C)c2ccccc2N(c2cc(-c3cccc(-c4cccc(C#N)c4C#N)c3)cc(-n3c4ccccc4c4cnccc43)c2)c2ccccc21. The first kappa shape index (κ1) is 30.1. The summed E-state index contributed by atoms with van der Waals surface area (Å²) < 4.78 is 2.33. The molecular weight excluding hydrogens is 623 g/mol. The lowest BCUT2D eigenvalue weighted by Crippen LogP contribution is -2.30.